The smallest absolute Gasteiger partial charge is 0.387 e. The van der Waals surface area contributed by atoms with Crippen molar-refractivity contribution in [3.05, 3.63) is 48.6 Å². The first-order chi connectivity index (χ1) is 33.5. The lowest BCUT2D eigenvalue weighted by atomic mass is 10.0. The van der Waals surface area contributed by atoms with Crippen molar-refractivity contribution >= 4 is 13.7 Å². The number of hydrogen-bond acceptors (Lipinski definition) is 5. The number of unbranched alkanes of at least 4 members (excludes halogenated alkanes) is 35. The zero-order valence-electron chi connectivity index (χ0n) is 46.3. The van der Waals surface area contributed by atoms with Crippen molar-refractivity contribution in [3.8, 4) is 0 Å². The molecule has 0 heterocycles. The fraction of sp³-hybridized carbons (Fsp3) is 0.850. The van der Waals surface area contributed by atoms with Crippen LogP contribution in [0.15, 0.2) is 48.6 Å². The molecule has 0 spiro atoms. The first kappa shape index (κ1) is 67.5. The third kappa shape index (κ3) is 54.1. The summed E-state index contributed by atoms with van der Waals surface area (Å²) in [4.78, 5) is 23.3. The van der Waals surface area contributed by atoms with E-state index in [0.717, 1.165) is 64.2 Å². The molecule has 0 aromatic rings. The van der Waals surface area contributed by atoms with Crippen LogP contribution in [0.2, 0.25) is 0 Å². The van der Waals surface area contributed by atoms with Crippen LogP contribution in [0.4, 0.5) is 0 Å². The summed E-state index contributed by atoms with van der Waals surface area (Å²) in [6, 6.07) is -0.856. The van der Waals surface area contributed by atoms with Gasteiger partial charge < -0.3 is 19.8 Å². The van der Waals surface area contributed by atoms with Gasteiger partial charge in [0.05, 0.1) is 39.9 Å². The Hall–Kier alpha value is -1.54. The van der Waals surface area contributed by atoms with Gasteiger partial charge in [0.2, 0.25) is 5.91 Å². The SMILES string of the molecule is CCCCCCC/C=C\C/C=C\C/C=C\CCCCCCCCC(=O)NC(COP(=O)(O)OCC[N+](C)(C)C)C(O)/C=C/CCCCCCCCCCCCCCCCCCCCCCCCCC. The van der Waals surface area contributed by atoms with E-state index in [-0.39, 0.29) is 19.1 Å². The van der Waals surface area contributed by atoms with Crippen LogP contribution in [0, 0.1) is 0 Å². The van der Waals surface area contributed by atoms with Crippen LogP contribution in [0.1, 0.15) is 277 Å². The highest BCUT2D eigenvalue weighted by Gasteiger charge is 2.27. The van der Waals surface area contributed by atoms with E-state index in [0.29, 0.717) is 17.4 Å². The lowest BCUT2D eigenvalue weighted by Crippen LogP contribution is -2.45. The highest BCUT2D eigenvalue weighted by molar-refractivity contribution is 7.47. The monoisotopic (exact) mass is 992 g/mol. The molecule has 3 atom stereocenters. The van der Waals surface area contributed by atoms with Crippen LogP contribution in [0.3, 0.4) is 0 Å². The summed E-state index contributed by atoms with van der Waals surface area (Å²) < 4.78 is 23.7. The minimum Gasteiger partial charge on any atom is -0.387 e. The van der Waals surface area contributed by atoms with E-state index in [9.17, 15) is 19.4 Å². The van der Waals surface area contributed by atoms with Crippen LogP contribution in [0.5, 0.6) is 0 Å². The number of aliphatic hydroxyl groups is 1. The topological polar surface area (TPSA) is 105 Å². The molecule has 0 aromatic carbocycles. The Balaban J connectivity index is 4.23. The van der Waals surface area contributed by atoms with Crippen LogP contribution < -0.4 is 5.32 Å². The van der Waals surface area contributed by atoms with Gasteiger partial charge in [0.1, 0.15) is 13.2 Å². The molecule has 0 aliphatic rings. The van der Waals surface area contributed by atoms with Crippen LogP contribution in [-0.2, 0) is 18.4 Å². The number of phosphoric acid groups is 1. The van der Waals surface area contributed by atoms with Gasteiger partial charge in [-0.2, -0.15) is 0 Å². The number of phosphoric ester groups is 1. The van der Waals surface area contributed by atoms with Crippen molar-refractivity contribution in [2.45, 2.75) is 289 Å². The molecule has 3 N–H and O–H groups in total. The van der Waals surface area contributed by atoms with Gasteiger partial charge in [0.15, 0.2) is 0 Å². The van der Waals surface area contributed by atoms with Crippen molar-refractivity contribution in [1.82, 2.24) is 5.32 Å². The summed E-state index contributed by atoms with van der Waals surface area (Å²) in [5, 5.41) is 13.9. The number of hydrogen-bond donors (Lipinski definition) is 3. The molecule has 9 heteroatoms. The first-order valence-corrected chi connectivity index (χ1v) is 31.0. The predicted molar refractivity (Wildman–Crippen MR) is 300 cm³/mol. The number of nitrogens with one attached hydrogen (secondary N) is 1. The van der Waals surface area contributed by atoms with Crippen LogP contribution >= 0.6 is 7.82 Å². The Morgan fingerprint density at radius 2 is 0.826 bits per heavy atom. The van der Waals surface area contributed by atoms with Gasteiger partial charge in [0, 0.05) is 6.42 Å². The maximum atomic E-state index is 13.0. The molecule has 8 nitrogen and oxygen atoms in total. The Labute approximate surface area is 429 Å². The summed E-state index contributed by atoms with van der Waals surface area (Å²) in [6.45, 7) is 4.82. The molecule has 0 aromatic heterocycles. The number of amides is 1. The van der Waals surface area contributed by atoms with Crippen molar-refractivity contribution in [2.24, 2.45) is 0 Å². The average molecular weight is 993 g/mol. The second kappa shape index (κ2) is 51.4. The molecule has 0 radical (unpaired) electrons. The summed E-state index contributed by atoms with van der Waals surface area (Å²) in [7, 11) is 1.57. The lowest BCUT2D eigenvalue weighted by molar-refractivity contribution is -0.870. The second-order valence-electron chi connectivity index (χ2n) is 21.4. The molecule has 0 fully saturated rings. The maximum absolute atomic E-state index is 13.0. The maximum Gasteiger partial charge on any atom is 0.472 e. The minimum absolute atomic E-state index is 0.0578. The number of allylic oxidation sites excluding steroid dienone is 7. The molecule has 0 rings (SSSR count). The standard InChI is InChI=1S/C60H115N2O6P/c1-6-8-10-12-14-16-18-20-22-24-26-28-29-30-31-32-34-35-37-39-41-43-45-47-49-51-53-59(63)58(57-68-69(65,66)67-56-55-62(3,4)5)61-60(64)54-52-50-48-46-44-42-40-38-36-33-27-25-23-21-19-17-15-13-11-9-7-2/h19,21,25,27,36,38,51,53,58-59,63H,6-18,20,22-24,26,28-35,37,39-50,52,54-57H2,1-5H3,(H-,61,64,65,66)/p+1/b21-19-,27-25-,38-36-,53-51+. The predicted octanol–water partition coefficient (Wildman–Crippen LogP) is 17.9. The zero-order valence-corrected chi connectivity index (χ0v) is 47.2. The average Bonchev–Trinajstić information content (AvgIpc) is 3.31. The lowest BCUT2D eigenvalue weighted by Gasteiger charge is -2.25. The van der Waals surface area contributed by atoms with E-state index >= 15 is 0 Å². The molecule has 0 aliphatic heterocycles. The molecular formula is C60H116N2O6P+. The largest absolute Gasteiger partial charge is 0.472 e. The second-order valence-corrected chi connectivity index (χ2v) is 22.8. The van der Waals surface area contributed by atoms with E-state index in [2.05, 4.69) is 55.6 Å². The van der Waals surface area contributed by atoms with E-state index < -0.39 is 20.0 Å². The molecular weight excluding hydrogens is 876 g/mol. The molecule has 0 bridgehead atoms. The number of carbonyl (C=O) groups is 1. The van der Waals surface area contributed by atoms with Crippen molar-refractivity contribution in [3.63, 3.8) is 0 Å². The summed E-state index contributed by atoms with van der Waals surface area (Å²) >= 11 is 0. The summed E-state index contributed by atoms with van der Waals surface area (Å²) in [6.07, 6.45) is 67.8. The van der Waals surface area contributed by atoms with Gasteiger partial charge in [-0.3, -0.25) is 13.8 Å². The molecule has 0 aliphatic carbocycles. The van der Waals surface area contributed by atoms with E-state index in [4.69, 9.17) is 9.05 Å². The van der Waals surface area contributed by atoms with Gasteiger partial charge in [-0.05, 0) is 57.8 Å². The van der Waals surface area contributed by atoms with Crippen LogP contribution in [-0.4, -0.2) is 73.4 Å². The Kier molecular flexibility index (Phi) is 50.2. The summed E-state index contributed by atoms with van der Waals surface area (Å²) in [5.74, 6) is -0.187. The normalized spacial score (nSPS) is 14.2. The van der Waals surface area contributed by atoms with Gasteiger partial charge >= 0.3 is 7.82 Å². The Bertz CT molecular complexity index is 1260. The third-order valence-corrected chi connectivity index (χ3v) is 14.3. The van der Waals surface area contributed by atoms with Gasteiger partial charge in [-0.25, -0.2) is 4.57 Å². The number of nitrogens with zero attached hydrogens (tertiary/aromatic N) is 1. The van der Waals surface area contributed by atoms with E-state index in [1.165, 1.54) is 193 Å². The molecule has 406 valence electrons. The van der Waals surface area contributed by atoms with E-state index in [1.54, 1.807) is 6.08 Å². The Morgan fingerprint density at radius 1 is 0.493 bits per heavy atom. The Morgan fingerprint density at radius 3 is 1.20 bits per heavy atom. The fourth-order valence-corrected chi connectivity index (χ4v) is 9.37. The van der Waals surface area contributed by atoms with Gasteiger partial charge in [0.25, 0.3) is 0 Å². The van der Waals surface area contributed by atoms with Crippen molar-refractivity contribution in [1.29, 1.82) is 0 Å². The minimum atomic E-state index is -4.35. The molecule has 3 unspecified atom stereocenters. The highest BCUT2D eigenvalue weighted by atomic mass is 31.2. The first-order valence-electron chi connectivity index (χ1n) is 29.5. The van der Waals surface area contributed by atoms with Gasteiger partial charge in [-0.15, -0.1) is 0 Å². The molecule has 0 saturated carbocycles. The number of aliphatic hydroxyl groups excluding tert-OH is 1. The van der Waals surface area contributed by atoms with Gasteiger partial charge in [-0.1, -0.05) is 262 Å². The molecule has 69 heavy (non-hydrogen) atoms. The quantitative estimate of drug-likeness (QED) is 0.0243. The third-order valence-electron chi connectivity index (χ3n) is 13.3. The number of likely N-dealkylation sites (N-methyl/N-ethyl adjacent to an activating group) is 1. The molecule has 1 amide bonds. The number of rotatable bonds is 54. The number of carbonyl (C=O) groups excluding carboxylic acids is 1. The highest BCUT2D eigenvalue weighted by Crippen LogP contribution is 2.43. The fourth-order valence-electron chi connectivity index (χ4n) is 8.64. The summed E-state index contributed by atoms with van der Waals surface area (Å²) in [5.41, 5.74) is 0. The van der Waals surface area contributed by atoms with Crippen molar-refractivity contribution < 1.29 is 32.9 Å². The molecule has 0 saturated heterocycles. The van der Waals surface area contributed by atoms with Crippen molar-refractivity contribution in [2.75, 3.05) is 40.9 Å². The van der Waals surface area contributed by atoms with Crippen LogP contribution in [0.25, 0.3) is 0 Å². The van der Waals surface area contributed by atoms with E-state index in [1.807, 2.05) is 27.2 Å². The zero-order chi connectivity index (χ0) is 50.6. The number of quaternary nitrogens is 1.